The SMILES string of the molecule is COc1cnc(OC(F)(F)F)c(OC)c1OC. The summed E-state index contributed by atoms with van der Waals surface area (Å²) < 4.78 is 54.5. The lowest BCUT2D eigenvalue weighted by Gasteiger charge is -2.15. The molecule has 0 N–H and O–H groups in total. The fourth-order valence-electron chi connectivity index (χ4n) is 1.14. The second-order valence-corrected chi connectivity index (χ2v) is 2.75. The number of aromatic nitrogens is 1. The van der Waals surface area contributed by atoms with Gasteiger partial charge in [-0.2, -0.15) is 0 Å². The normalized spacial score (nSPS) is 10.9. The van der Waals surface area contributed by atoms with E-state index in [1.165, 1.54) is 21.3 Å². The van der Waals surface area contributed by atoms with E-state index in [1.807, 2.05) is 0 Å². The number of pyridine rings is 1. The topological polar surface area (TPSA) is 49.8 Å². The summed E-state index contributed by atoms with van der Waals surface area (Å²) in [6.45, 7) is 0. The second-order valence-electron chi connectivity index (χ2n) is 2.75. The van der Waals surface area contributed by atoms with Gasteiger partial charge in [0.05, 0.1) is 27.5 Å². The Morgan fingerprint density at radius 1 is 1.00 bits per heavy atom. The quantitative estimate of drug-likeness (QED) is 0.821. The summed E-state index contributed by atoms with van der Waals surface area (Å²) in [6.07, 6.45) is -3.82. The zero-order valence-corrected chi connectivity index (χ0v) is 9.29. The Hall–Kier alpha value is -1.86. The lowest BCUT2D eigenvalue weighted by molar-refractivity contribution is -0.276. The summed E-state index contributed by atoms with van der Waals surface area (Å²) in [6, 6.07) is 0. The highest BCUT2D eigenvalue weighted by Crippen LogP contribution is 2.43. The van der Waals surface area contributed by atoms with E-state index in [0.717, 1.165) is 6.20 Å². The molecule has 0 aliphatic rings. The van der Waals surface area contributed by atoms with E-state index < -0.39 is 12.2 Å². The predicted molar refractivity (Wildman–Crippen MR) is 50.6 cm³/mol. The maximum atomic E-state index is 12.1. The maximum absolute atomic E-state index is 12.1. The maximum Gasteiger partial charge on any atom is 0.574 e. The molecule has 96 valence electrons. The van der Waals surface area contributed by atoms with Crippen molar-refractivity contribution in [3.8, 4) is 23.1 Å². The van der Waals surface area contributed by atoms with Gasteiger partial charge in [0, 0.05) is 0 Å². The van der Waals surface area contributed by atoms with E-state index in [1.54, 1.807) is 0 Å². The first kappa shape index (κ1) is 13.2. The lowest BCUT2D eigenvalue weighted by Crippen LogP contribution is -2.18. The summed E-state index contributed by atoms with van der Waals surface area (Å²) in [5, 5.41) is 0. The van der Waals surface area contributed by atoms with Crippen LogP contribution >= 0.6 is 0 Å². The highest BCUT2D eigenvalue weighted by molar-refractivity contribution is 5.55. The van der Waals surface area contributed by atoms with Crippen LogP contribution in [0.3, 0.4) is 0 Å². The van der Waals surface area contributed by atoms with E-state index >= 15 is 0 Å². The van der Waals surface area contributed by atoms with E-state index in [-0.39, 0.29) is 17.2 Å². The van der Waals surface area contributed by atoms with Gasteiger partial charge in [0.25, 0.3) is 5.88 Å². The Morgan fingerprint density at radius 2 is 1.59 bits per heavy atom. The van der Waals surface area contributed by atoms with Crippen molar-refractivity contribution in [2.75, 3.05) is 21.3 Å². The van der Waals surface area contributed by atoms with Crippen LogP contribution in [0, 0.1) is 0 Å². The molecular formula is C9H10F3NO4. The van der Waals surface area contributed by atoms with Gasteiger partial charge in [-0.1, -0.05) is 0 Å². The van der Waals surface area contributed by atoms with Crippen LogP contribution in [-0.4, -0.2) is 32.7 Å². The molecule has 0 aliphatic heterocycles. The van der Waals surface area contributed by atoms with Gasteiger partial charge in [0.2, 0.25) is 11.5 Å². The third-order valence-corrected chi connectivity index (χ3v) is 1.76. The van der Waals surface area contributed by atoms with E-state index in [2.05, 4.69) is 9.72 Å². The van der Waals surface area contributed by atoms with Gasteiger partial charge < -0.3 is 18.9 Å². The standard InChI is InChI=1S/C9H10F3NO4/c1-14-5-4-13-8(17-9(10,11)12)7(16-3)6(5)15-2/h4H,1-3H3. The Kier molecular flexibility index (Phi) is 3.87. The van der Waals surface area contributed by atoms with Gasteiger partial charge in [0.15, 0.2) is 5.75 Å². The fourth-order valence-corrected chi connectivity index (χ4v) is 1.14. The molecule has 0 spiro atoms. The summed E-state index contributed by atoms with van der Waals surface area (Å²) in [5.41, 5.74) is 0. The molecule has 0 unspecified atom stereocenters. The van der Waals surface area contributed by atoms with Crippen molar-refractivity contribution in [2.45, 2.75) is 6.36 Å². The van der Waals surface area contributed by atoms with Crippen molar-refractivity contribution < 1.29 is 32.1 Å². The molecule has 1 aromatic rings. The van der Waals surface area contributed by atoms with Crippen LogP contribution in [0.2, 0.25) is 0 Å². The highest BCUT2D eigenvalue weighted by Gasteiger charge is 2.34. The minimum absolute atomic E-state index is 0.0238. The number of halogens is 3. The molecule has 0 saturated carbocycles. The van der Waals surface area contributed by atoms with Gasteiger partial charge in [0.1, 0.15) is 0 Å². The van der Waals surface area contributed by atoms with Crippen molar-refractivity contribution in [1.82, 2.24) is 4.98 Å². The molecule has 0 amide bonds. The third kappa shape index (κ3) is 3.05. The van der Waals surface area contributed by atoms with Crippen LogP contribution in [-0.2, 0) is 0 Å². The largest absolute Gasteiger partial charge is 0.574 e. The Labute approximate surface area is 95.1 Å². The first-order chi connectivity index (χ1) is 7.92. The molecule has 1 heterocycles. The molecule has 0 fully saturated rings. The lowest BCUT2D eigenvalue weighted by atomic mass is 10.3. The molecular weight excluding hydrogens is 243 g/mol. The molecule has 0 saturated heterocycles. The smallest absolute Gasteiger partial charge is 0.491 e. The Bertz CT molecular complexity index is 395. The monoisotopic (exact) mass is 253 g/mol. The zero-order chi connectivity index (χ0) is 13.1. The van der Waals surface area contributed by atoms with Crippen molar-refractivity contribution >= 4 is 0 Å². The number of methoxy groups -OCH3 is 3. The predicted octanol–water partition coefficient (Wildman–Crippen LogP) is 2.01. The molecule has 0 bridgehead atoms. The number of alkyl halides is 3. The number of rotatable bonds is 4. The highest BCUT2D eigenvalue weighted by atomic mass is 19.4. The fraction of sp³-hybridized carbons (Fsp3) is 0.444. The van der Waals surface area contributed by atoms with Crippen molar-refractivity contribution in [2.24, 2.45) is 0 Å². The Balaban J connectivity index is 3.23. The molecule has 5 nitrogen and oxygen atoms in total. The van der Waals surface area contributed by atoms with Crippen LogP contribution in [0.15, 0.2) is 6.20 Å². The number of nitrogens with zero attached hydrogens (tertiary/aromatic N) is 1. The van der Waals surface area contributed by atoms with Crippen molar-refractivity contribution in [3.63, 3.8) is 0 Å². The molecule has 17 heavy (non-hydrogen) atoms. The van der Waals surface area contributed by atoms with Gasteiger partial charge in [-0.05, 0) is 0 Å². The summed E-state index contributed by atoms with van der Waals surface area (Å²) in [7, 11) is 3.75. The van der Waals surface area contributed by atoms with Crippen LogP contribution in [0.5, 0.6) is 23.1 Å². The molecule has 0 radical (unpaired) electrons. The first-order valence-electron chi connectivity index (χ1n) is 4.33. The van der Waals surface area contributed by atoms with Crippen molar-refractivity contribution in [1.29, 1.82) is 0 Å². The summed E-state index contributed by atoms with van der Waals surface area (Å²) >= 11 is 0. The van der Waals surface area contributed by atoms with Gasteiger partial charge in [-0.25, -0.2) is 4.98 Å². The zero-order valence-electron chi connectivity index (χ0n) is 9.29. The van der Waals surface area contributed by atoms with Gasteiger partial charge >= 0.3 is 6.36 Å². The molecule has 0 aromatic carbocycles. The number of ether oxygens (including phenoxy) is 4. The molecule has 8 heteroatoms. The molecule has 0 aliphatic carbocycles. The van der Waals surface area contributed by atoms with Gasteiger partial charge in [-0.15, -0.1) is 13.2 Å². The number of hydrogen-bond donors (Lipinski definition) is 0. The Morgan fingerprint density at radius 3 is 2.00 bits per heavy atom. The van der Waals surface area contributed by atoms with Crippen LogP contribution in [0.25, 0.3) is 0 Å². The van der Waals surface area contributed by atoms with E-state index in [4.69, 9.17) is 14.2 Å². The van der Waals surface area contributed by atoms with Crippen molar-refractivity contribution in [3.05, 3.63) is 6.20 Å². The summed E-state index contributed by atoms with van der Waals surface area (Å²) in [4.78, 5) is 3.44. The summed E-state index contributed by atoms with van der Waals surface area (Å²) in [5.74, 6) is -0.912. The number of hydrogen-bond acceptors (Lipinski definition) is 5. The molecule has 1 aromatic heterocycles. The molecule has 1 rings (SSSR count). The van der Waals surface area contributed by atoms with Crippen LogP contribution in [0.4, 0.5) is 13.2 Å². The van der Waals surface area contributed by atoms with Gasteiger partial charge in [-0.3, -0.25) is 0 Å². The minimum atomic E-state index is -4.86. The van der Waals surface area contributed by atoms with Crippen LogP contribution < -0.4 is 18.9 Å². The molecule has 0 atom stereocenters. The average Bonchev–Trinajstić information content (AvgIpc) is 2.26. The average molecular weight is 253 g/mol. The third-order valence-electron chi connectivity index (χ3n) is 1.76. The minimum Gasteiger partial charge on any atom is -0.491 e. The second kappa shape index (κ2) is 4.98. The van der Waals surface area contributed by atoms with E-state index in [0.29, 0.717) is 0 Å². The first-order valence-corrected chi connectivity index (χ1v) is 4.33. The van der Waals surface area contributed by atoms with E-state index in [9.17, 15) is 13.2 Å². The van der Waals surface area contributed by atoms with Crippen LogP contribution in [0.1, 0.15) is 0 Å².